The average Bonchev–Trinajstić information content (AvgIpc) is 2.77. The van der Waals surface area contributed by atoms with E-state index in [4.69, 9.17) is 11.6 Å². The Kier molecular flexibility index (Phi) is 3.33. The number of nitrogens with zero attached hydrogens (tertiary/aromatic N) is 1. The Bertz CT molecular complexity index is 461. The number of amides is 1. The van der Waals surface area contributed by atoms with Gasteiger partial charge in [-0.1, -0.05) is 23.7 Å². The van der Waals surface area contributed by atoms with Crippen molar-refractivity contribution in [1.29, 1.82) is 0 Å². The second-order valence-electron chi connectivity index (χ2n) is 3.96. The fourth-order valence-electron chi connectivity index (χ4n) is 2.04. The van der Waals surface area contributed by atoms with Crippen molar-refractivity contribution >= 4 is 23.5 Å². The van der Waals surface area contributed by atoms with Crippen molar-refractivity contribution < 1.29 is 14.7 Å². The Morgan fingerprint density at radius 2 is 2.06 bits per heavy atom. The van der Waals surface area contributed by atoms with Gasteiger partial charge in [0, 0.05) is 6.54 Å². The van der Waals surface area contributed by atoms with Crippen molar-refractivity contribution in [2.45, 2.75) is 18.9 Å². The van der Waals surface area contributed by atoms with Crippen molar-refractivity contribution in [3.8, 4) is 0 Å². The molecule has 1 aliphatic heterocycles. The summed E-state index contributed by atoms with van der Waals surface area (Å²) < 4.78 is 0. The number of carboxylic acid groups (broad SMARTS) is 1. The van der Waals surface area contributed by atoms with Gasteiger partial charge in [0.05, 0.1) is 22.6 Å². The Hall–Kier alpha value is -1.55. The highest BCUT2D eigenvalue weighted by atomic mass is 35.5. The first kappa shape index (κ1) is 11.9. The molecule has 1 atom stereocenters. The lowest BCUT2D eigenvalue weighted by atomic mass is 10.1. The zero-order valence-electron chi connectivity index (χ0n) is 9.06. The molecule has 5 heteroatoms. The van der Waals surface area contributed by atoms with E-state index < -0.39 is 12.0 Å². The number of likely N-dealkylation sites (tertiary alicyclic amines) is 1. The van der Waals surface area contributed by atoms with E-state index in [2.05, 4.69) is 0 Å². The molecule has 1 aliphatic rings. The van der Waals surface area contributed by atoms with Gasteiger partial charge in [0.25, 0.3) is 5.91 Å². The lowest BCUT2D eigenvalue weighted by Gasteiger charge is -2.25. The minimum Gasteiger partial charge on any atom is -0.548 e. The lowest BCUT2D eigenvalue weighted by Crippen LogP contribution is -2.47. The van der Waals surface area contributed by atoms with Crippen LogP contribution in [0.1, 0.15) is 23.2 Å². The summed E-state index contributed by atoms with van der Waals surface area (Å²) in [7, 11) is 0. The summed E-state index contributed by atoms with van der Waals surface area (Å²) in [6, 6.07) is 5.79. The minimum atomic E-state index is -1.21. The van der Waals surface area contributed by atoms with Crippen LogP contribution in [0.2, 0.25) is 5.02 Å². The summed E-state index contributed by atoms with van der Waals surface area (Å²) >= 11 is 5.91. The van der Waals surface area contributed by atoms with Crippen molar-refractivity contribution in [3.63, 3.8) is 0 Å². The van der Waals surface area contributed by atoms with E-state index in [0.29, 0.717) is 30.0 Å². The maximum absolute atomic E-state index is 12.1. The van der Waals surface area contributed by atoms with E-state index in [1.165, 1.54) is 4.90 Å². The normalized spacial score (nSPS) is 19.4. The lowest BCUT2D eigenvalue weighted by molar-refractivity contribution is -0.310. The number of carbonyl (C=O) groups is 2. The molecule has 0 aliphatic carbocycles. The van der Waals surface area contributed by atoms with Gasteiger partial charge in [0.15, 0.2) is 0 Å². The SMILES string of the molecule is O=C([O-])[C@H]1CCCN1C(=O)c1ccccc1Cl. The van der Waals surface area contributed by atoms with Gasteiger partial charge in [-0.2, -0.15) is 0 Å². The highest BCUT2D eigenvalue weighted by Gasteiger charge is 2.30. The Labute approximate surface area is 104 Å². The quantitative estimate of drug-likeness (QED) is 0.778. The Balaban J connectivity index is 2.26. The molecule has 1 aromatic carbocycles. The van der Waals surface area contributed by atoms with Gasteiger partial charge in [0.2, 0.25) is 0 Å². The molecule has 1 aromatic rings. The molecule has 4 nitrogen and oxygen atoms in total. The summed E-state index contributed by atoms with van der Waals surface area (Å²) in [6.45, 7) is 0.433. The smallest absolute Gasteiger partial charge is 0.255 e. The predicted molar refractivity (Wildman–Crippen MR) is 60.5 cm³/mol. The number of hydrogen-bond acceptors (Lipinski definition) is 3. The summed E-state index contributed by atoms with van der Waals surface area (Å²) in [4.78, 5) is 24.3. The van der Waals surface area contributed by atoms with Gasteiger partial charge >= 0.3 is 0 Å². The standard InChI is InChI=1S/C12H12ClNO3/c13-9-5-2-1-4-8(9)11(15)14-7-3-6-10(14)12(16)17/h1-2,4-5,10H,3,6-7H2,(H,16,17)/p-1/t10-/m1/s1. The number of halogens is 1. The highest BCUT2D eigenvalue weighted by Crippen LogP contribution is 2.23. The maximum Gasteiger partial charge on any atom is 0.255 e. The van der Waals surface area contributed by atoms with Crippen LogP contribution >= 0.6 is 11.6 Å². The molecule has 0 unspecified atom stereocenters. The molecular formula is C12H11ClNO3-. The number of benzene rings is 1. The average molecular weight is 253 g/mol. The highest BCUT2D eigenvalue weighted by molar-refractivity contribution is 6.33. The minimum absolute atomic E-state index is 0.335. The van der Waals surface area contributed by atoms with Crippen LogP contribution in [0.5, 0.6) is 0 Å². The van der Waals surface area contributed by atoms with Crippen LogP contribution in [-0.4, -0.2) is 29.4 Å². The fourth-order valence-corrected chi connectivity index (χ4v) is 2.26. The fraction of sp³-hybridized carbons (Fsp3) is 0.333. The van der Waals surface area contributed by atoms with Crippen molar-refractivity contribution in [2.75, 3.05) is 6.54 Å². The second kappa shape index (κ2) is 4.75. The summed E-state index contributed by atoms with van der Waals surface area (Å²) in [5.41, 5.74) is 0.335. The third kappa shape index (κ3) is 2.26. The first-order valence-corrected chi connectivity index (χ1v) is 5.75. The molecule has 0 bridgehead atoms. The van der Waals surface area contributed by atoms with Crippen LogP contribution in [0, 0.1) is 0 Å². The zero-order chi connectivity index (χ0) is 12.4. The van der Waals surface area contributed by atoms with Crippen LogP contribution in [-0.2, 0) is 4.79 Å². The van der Waals surface area contributed by atoms with E-state index in [-0.39, 0.29) is 5.91 Å². The first-order chi connectivity index (χ1) is 8.11. The van der Waals surface area contributed by atoms with Crippen molar-refractivity contribution in [1.82, 2.24) is 4.90 Å². The molecule has 0 radical (unpaired) electrons. The van der Waals surface area contributed by atoms with Crippen LogP contribution in [0.3, 0.4) is 0 Å². The predicted octanol–water partition coefficient (Wildman–Crippen LogP) is 0.694. The molecular weight excluding hydrogens is 242 g/mol. The molecule has 1 heterocycles. The maximum atomic E-state index is 12.1. The molecule has 0 spiro atoms. The first-order valence-electron chi connectivity index (χ1n) is 5.37. The number of hydrogen-bond donors (Lipinski definition) is 0. The summed E-state index contributed by atoms with van der Waals surface area (Å²) in [5, 5.41) is 11.2. The molecule has 17 heavy (non-hydrogen) atoms. The number of carbonyl (C=O) groups excluding carboxylic acids is 2. The molecule has 2 rings (SSSR count). The van der Waals surface area contributed by atoms with Gasteiger partial charge in [0.1, 0.15) is 0 Å². The van der Waals surface area contributed by atoms with E-state index in [1.54, 1.807) is 24.3 Å². The van der Waals surface area contributed by atoms with E-state index >= 15 is 0 Å². The monoisotopic (exact) mass is 252 g/mol. The van der Waals surface area contributed by atoms with E-state index in [9.17, 15) is 14.7 Å². The van der Waals surface area contributed by atoms with Gasteiger partial charge in [-0.15, -0.1) is 0 Å². The van der Waals surface area contributed by atoms with Crippen LogP contribution in [0.15, 0.2) is 24.3 Å². The topological polar surface area (TPSA) is 60.4 Å². The number of carboxylic acids is 1. The molecule has 90 valence electrons. The van der Waals surface area contributed by atoms with Gasteiger partial charge < -0.3 is 14.8 Å². The van der Waals surface area contributed by atoms with Crippen LogP contribution in [0.25, 0.3) is 0 Å². The van der Waals surface area contributed by atoms with E-state index in [0.717, 1.165) is 0 Å². The third-order valence-electron chi connectivity index (χ3n) is 2.89. The van der Waals surface area contributed by atoms with Crippen LogP contribution < -0.4 is 5.11 Å². The third-order valence-corrected chi connectivity index (χ3v) is 3.22. The molecule has 1 saturated heterocycles. The van der Waals surface area contributed by atoms with Crippen LogP contribution in [0.4, 0.5) is 0 Å². The molecule has 0 saturated carbocycles. The van der Waals surface area contributed by atoms with E-state index in [1.807, 2.05) is 0 Å². The summed E-state index contributed by atoms with van der Waals surface area (Å²) in [6.07, 6.45) is 1.12. The van der Waals surface area contributed by atoms with Gasteiger partial charge in [-0.3, -0.25) is 4.79 Å². The molecule has 0 aromatic heterocycles. The number of aliphatic carboxylic acids is 1. The van der Waals surface area contributed by atoms with Crippen molar-refractivity contribution in [3.05, 3.63) is 34.9 Å². The van der Waals surface area contributed by atoms with Gasteiger partial charge in [-0.05, 0) is 25.0 Å². The van der Waals surface area contributed by atoms with Gasteiger partial charge in [-0.25, -0.2) is 0 Å². The second-order valence-corrected chi connectivity index (χ2v) is 4.36. The summed E-state index contributed by atoms with van der Waals surface area (Å²) in [5.74, 6) is -1.55. The van der Waals surface area contributed by atoms with Crippen molar-refractivity contribution in [2.24, 2.45) is 0 Å². The molecule has 1 amide bonds. The Morgan fingerprint density at radius 1 is 1.35 bits per heavy atom. The number of rotatable bonds is 2. The molecule has 1 fully saturated rings. The Morgan fingerprint density at radius 3 is 2.71 bits per heavy atom. The zero-order valence-corrected chi connectivity index (χ0v) is 9.81. The largest absolute Gasteiger partial charge is 0.548 e. The molecule has 0 N–H and O–H groups in total.